The molecule has 0 aliphatic carbocycles. The van der Waals surface area contributed by atoms with Gasteiger partial charge in [-0.15, -0.1) is 0 Å². The summed E-state index contributed by atoms with van der Waals surface area (Å²) in [6, 6.07) is 10.6. The Hall–Kier alpha value is -2.98. The number of rotatable bonds is 6. The van der Waals surface area contributed by atoms with Crippen molar-refractivity contribution in [3.8, 4) is 0 Å². The number of hydrogen-bond acceptors (Lipinski definition) is 6. The Bertz CT molecular complexity index is 1030. The third kappa shape index (κ3) is 4.54. The summed E-state index contributed by atoms with van der Waals surface area (Å²) in [5.74, 6) is -0.741. The number of nitro groups is 1. The van der Waals surface area contributed by atoms with E-state index in [0.29, 0.717) is 25.9 Å². The number of aryl methyl sites for hydroxylation is 1. The predicted octanol–water partition coefficient (Wildman–Crippen LogP) is 2.27. The lowest BCUT2D eigenvalue weighted by molar-refractivity contribution is -0.384. The molecule has 10 heteroatoms. The molecule has 29 heavy (non-hydrogen) atoms. The molecule has 1 aliphatic heterocycles. The van der Waals surface area contributed by atoms with Crippen LogP contribution in [0.5, 0.6) is 0 Å². The monoisotopic (exact) mass is 418 g/mol. The number of carbonyl (C=O) groups excluding carboxylic acids is 1. The number of amides is 1. The van der Waals surface area contributed by atoms with Gasteiger partial charge in [0.25, 0.3) is 5.69 Å². The van der Waals surface area contributed by atoms with E-state index in [-0.39, 0.29) is 27.9 Å². The standard InChI is InChI=1S/C19H22N4O5S/c1-13-2-5-16(6-3-13)29(27,28)22-10-8-15(9-11-22)21-17-7-4-14(19(20)24)12-18(17)23(25)26/h2-7,12,15,21H,8-11H2,1H3,(H2,20,24). The molecule has 0 saturated carbocycles. The molecule has 1 aliphatic rings. The molecule has 1 saturated heterocycles. The van der Waals surface area contributed by atoms with Gasteiger partial charge in [0.1, 0.15) is 5.69 Å². The second-order valence-corrected chi connectivity index (χ2v) is 8.93. The van der Waals surface area contributed by atoms with Gasteiger partial charge in [0, 0.05) is 30.8 Å². The molecule has 154 valence electrons. The molecule has 2 aromatic carbocycles. The summed E-state index contributed by atoms with van der Waals surface area (Å²) < 4.78 is 27.0. The van der Waals surface area contributed by atoms with Crippen molar-refractivity contribution in [2.45, 2.75) is 30.7 Å². The van der Waals surface area contributed by atoms with Crippen LogP contribution in [0.1, 0.15) is 28.8 Å². The minimum atomic E-state index is -3.57. The van der Waals surface area contributed by atoms with E-state index in [1.54, 1.807) is 24.3 Å². The number of sulfonamides is 1. The number of primary amides is 1. The number of piperidine rings is 1. The molecule has 2 aromatic rings. The van der Waals surface area contributed by atoms with Gasteiger partial charge in [-0.1, -0.05) is 17.7 Å². The summed E-state index contributed by atoms with van der Waals surface area (Å²) in [4.78, 5) is 22.3. The molecule has 0 radical (unpaired) electrons. The van der Waals surface area contributed by atoms with Crippen LogP contribution in [0.15, 0.2) is 47.4 Å². The molecule has 0 spiro atoms. The number of hydrogen-bond donors (Lipinski definition) is 2. The van der Waals surface area contributed by atoms with Crippen LogP contribution in [0.3, 0.4) is 0 Å². The van der Waals surface area contributed by atoms with Gasteiger partial charge in [-0.3, -0.25) is 14.9 Å². The van der Waals surface area contributed by atoms with E-state index in [2.05, 4.69) is 5.32 Å². The van der Waals surface area contributed by atoms with Crippen LogP contribution in [-0.4, -0.2) is 42.7 Å². The Kier molecular flexibility index (Phi) is 5.85. The Balaban J connectivity index is 1.69. The topological polar surface area (TPSA) is 136 Å². The molecule has 3 rings (SSSR count). The van der Waals surface area contributed by atoms with Gasteiger partial charge >= 0.3 is 0 Å². The average molecular weight is 418 g/mol. The zero-order chi connectivity index (χ0) is 21.2. The van der Waals surface area contributed by atoms with E-state index >= 15 is 0 Å². The Labute approximate surface area is 168 Å². The maximum absolute atomic E-state index is 12.8. The molecule has 1 amide bonds. The van der Waals surface area contributed by atoms with Crippen LogP contribution in [0.25, 0.3) is 0 Å². The smallest absolute Gasteiger partial charge is 0.293 e. The summed E-state index contributed by atoms with van der Waals surface area (Å²) in [6.45, 7) is 2.50. The quantitative estimate of drug-likeness (QED) is 0.546. The van der Waals surface area contributed by atoms with Crippen molar-refractivity contribution in [1.29, 1.82) is 0 Å². The first kappa shape index (κ1) is 20.7. The maximum Gasteiger partial charge on any atom is 0.293 e. The number of nitro benzene ring substituents is 1. The first-order chi connectivity index (χ1) is 13.7. The van der Waals surface area contributed by atoms with E-state index in [4.69, 9.17) is 5.73 Å². The van der Waals surface area contributed by atoms with Gasteiger partial charge in [-0.25, -0.2) is 8.42 Å². The average Bonchev–Trinajstić information content (AvgIpc) is 2.68. The van der Waals surface area contributed by atoms with Crippen molar-refractivity contribution in [1.82, 2.24) is 4.31 Å². The number of nitrogens with one attached hydrogen (secondary N) is 1. The third-order valence-corrected chi connectivity index (χ3v) is 6.86. The van der Waals surface area contributed by atoms with Crippen LogP contribution >= 0.6 is 0 Å². The highest BCUT2D eigenvalue weighted by atomic mass is 32.2. The van der Waals surface area contributed by atoms with Crippen LogP contribution in [0, 0.1) is 17.0 Å². The van der Waals surface area contributed by atoms with Gasteiger partial charge in [0.05, 0.1) is 9.82 Å². The summed E-state index contributed by atoms with van der Waals surface area (Å²) >= 11 is 0. The fourth-order valence-electron chi connectivity index (χ4n) is 3.28. The molecular weight excluding hydrogens is 396 g/mol. The zero-order valence-electron chi connectivity index (χ0n) is 15.9. The first-order valence-corrected chi connectivity index (χ1v) is 10.5. The molecule has 3 N–H and O–H groups in total. The minimum Gasteiger partial charge on any atom is -0.377 e. The van der Waals surface area contributed by atoms with Crippen LogP contribution in [-0.2, 0) is 10.0 Å². The molecule has 0 aromatic heterocycles. The van der Waals surface area contributed by atoms with Crippen LogP contribution < -0.4 is 11.1 Å². The van der Waals surface area contributed by atoms with Gasteiger partial charge in [0.15, 0.2) is 0 Å². The lowest BCUT2D eigenvalue weighted by atomic mass is 10.1. The van der Waals surface area contributed by atoms with E-state index < -0.39 is 20.9 Å². The summed E-state index contributed by atoms with van der Waals surface area (Å²) in [7, 11) is -3.57. The summed E-state index contributed by atoms with van der Waals surface area (Å²) in [5, 5.41) is 14.4. The SMILES string of the molecule is Cc1ccc(S(=O)(=O)N2CCC(Nc3ccc(C(N)=O)cc3[N+](=O)[O-])CC2)cc1. The fourth-order valence-corrected chi connectivity index (χ4v) is 4.75. The van der Waals surface area contributed by atoms with Crippen molar-refractivity contribution >= 4 is 27.3 Å². The molecule has 0 atom stereocenters. The number of carbonyl (C=O) groups is 1. The molecule has 0 unspecified atom stereocenters. The highest BCUT2D eigenvalue weighted by Gasteiger charge is 2.30. The third-order valence-electron chi connectivity index (χ3n) is 4.95. The van der Waals surface area contributed by atoms with Gasteiger partial charge in [-0.2, -0.15) is 4.31 Å². The Morgan fingerprint density at radius 3 is 2.34 bits per heavy atom. The highest BCUT2D eigenvalue weighted by Crippen LogP contribution is 2.29. The largest absolute Gasteiger partial charge is 0.377 e. The number of anilines is 1. The van der Waals surface area contributed by atoms with Crippen molar-refractivity contribution in [3.05, 3.63) is 63.7 Å². The second kappa shape index (κ2) is 8.18. The maximum atomic E-state index is 12.8. The van der Waals surface area contributed by atoms with Gasteiger partial charge < -0.3 is 11.1 Å². The van der Waals surface area contributed by atoms with Crippen molar-refractivity contribution in [2.24, 2.45) is 5.73 Å². The van der Waals surface area contributed by atoms with Crippen molar-refractivity contribution in [2.75, 3.05) is 18.4 Å². The zero-order valence-corrected chi connectivity index (χ0v) is 16.7. The van der Waals surface area contributed by atoms with E-state index in [1.807, 2.05) is 6.92 Å². The van der Waals surface area contributed by atoms with E-state index in [1.165, 1.54) is 16.4 Å². The van der Waals surface area contributed by atoms with Crippen molar-refractivity contribution < 1.29 is 18.1 Å². The van der Waals surface area contributed by atoms with Crippen LogP contribution in [0.4, 0.5) is 11.4 Å². The summed E-state index contributed by atoms with van der Waals surface area (Å²) in [5.41, 5.74) is 6.26. The number of nitrogens with zero attached hydrogens (tertiary/aromatic N) is 2. The van der Waals surface area contributed by atoms with Gasteiger partial charge in [0.2, 0.25) is 15.9 Å². The molecule has 1 fully saturated rings. The normalized spacial score (nSPS) is 15.8. The molecule has 1 heterocycles. The van der Waals surface area contributed by atoms with E-state index in [9.17, 15) is 23.3 Å². The number of nitrogens with two attached hydrogens (primary N) is 1. The van der Waals surface area contributed by atoms with E-state index in [0.717, 1.165) is 11.6 Å². The Morgan fingerprint density at radius 2 is 1.79 bits per heavy atom. The fraction of sp³-hybridized carbons (Fsp3) is 0.316. The second-order valence-electron chi connectivity index (χ2n) is 6.99. The summed E-state index contributed by atoms with van der Waals surface area (Å²) in [6.07, 6.45) is 1.000. The number of benzene rings is 2. The van der Waals surface area contributed by atoms with Gasteiger partial charge in [-0.05, 0) is 44.0 Å². The van der Waals surface area contributed by atoms with Crippen LogP contribution in [0.2, 0.25) is 0 Å². The highest BCUT2D eigenvalue weighted by molar-refractivity contribution is 7.89. The Morgan fingerprint density at radius 1 is 1.17 bits per heavy atom. The molecule has 9 nitrogen and oxygen atoms in total. The molecular formula is C19H22N4O5S. The molecule has 0 bridgehead atoms. The lowest BCUT2D eigenvalue weighted by Crippen LogP contribution is -2.42. The van der Waals surface area contributed by atoms with Crippen molar-refractivity contribution in [3.63, 3.8) is 0 Å². The first-order valence-electron chi connectivity index (χ1n) is 9.10. The minimum absolute atomic E-state index is 0.0567. The lowest BCUT2D eigenvalue weighted by Gasteiger charge is -2.32. The predicted molar refractivity (Wildman–Crippen MR) is 108 cm³/mol.